The van der Waals surface area contributed by atoms with E-state index < -0.39 is 0 Å². The summed E-state index contributed by atoms with van der Waals surface area (Å²) in [6, 6.07) is 6.21. The van der Waals surface area contributed by atoms with Crippen molar-refractivity contribution in [3.63, 3.8) is 0 Å². The monoisotopic (exact) mass is 407 g/mol. The predicted octanol–water partition coefficient (Wildman–Crippen LogP) is 2.89. The first-order chi connectivity index (χ1) is 12.6. The van der Waals surface area contributed by atoms with E-state index in [0.29, 0.717) is 25.3 Å². The van der Waals surface area contributed by atoms with Crippen LogP contribution in [0, 0.1) is 5.82 Å². The number of piperazine rings is 1. The molecule has 1 unspecified atom stereocenters. The molecule has 6 nitrogen and oxygen atoms in total. The maximum Gasteiger partial charge on any atom is 0.273 e. The second kappa shape index (κ2) is 8.16. The molecule has 0 saturated carbocycles. The summed E-state index contributed by atoms with van der Waals surface area (Å²) >= 11 is 1.42. The first-order valence-electron chi connectivity index (χ1n) is 8.33. The standard InChI is InChI=1S/C18H18FN5OS.ClH/c1-23-10-13(8-21-23)17-22-15(11-26-17)18(25)24-6-5-20-9-16(24)12-3-2-4-14(19)7-12;/h2-4,7-8,10-11,16,20H,5-6,9H2,1H3;1H. The van der Waals surface area contributed by atoms with Crippen molar-refractivity contribution >= 4 is 29.7 Å². The smallest absolute Gasteiger partial charge is 0.273 e. The first kappa shape index (κ1) is 19.5. The number of carbonyl (C=O) groups excluding carboxylic acids is 1. The minimum Gasteiger partial charge on any atom is -0.328 e. The molecular weight excluding hydrogens is 389 g/mol. The maximum atomic E-state index is 13.6. The number of hydrogen-bond acceptors (Lipinski definition) is 5. The van der Waals surface area contributed by atoms with Gasteiger partial charge in [-0.3, -0.25) is 9.48 Å². The molecule has 1 N–H and O–H groups in total. The highest BCUT2D eigenvalue weighted by Gasteiger charge is 2.30. The summed E-state index contributed by atoms with van der Waals surface area (Å²) in [7, 11) is 1.84. The minimum atomic E-state index is -0.298. The number of nitrogens with one attached hydrogen (secondary N) is 1. The Bertz CT molecular complexity index is 943. The largest absolute Gasteiger partial charge is 0.328 e. The summed E-state index contributed by atoms with van der Waals surface area (Å²) in [5.74, 6) is -0.430. The van der Waals surface area contributed by atoms with Gasteiger partial charge in [0.1, 0.15) is 16.5 Å². The molecule has 0 spiro atoms. The van der Waals surface area contributed by atoms with Gasteiger partial charge < -0.3 is 10.2 Å². The number of carbonyl (C=O) groups is 1. The van der Waals surface area contributed by atoms with Crippen molar-refractivity contribution < 1.29 is 9.18 Å². The van der Waals surface area contributed by atoms with Crippen molar-refractivity contribution in [3.05, 3.63) is 59.1 Å². The Kier molecular flexibility index (Phi) is 5.88. The quantitative estimate of drug-likeness (QED) is 0.725. The third kappa shape index (κ3) is 4.02. The van der Waals surface area contributed by atoms with Crippen molar-refractivity contribution in [3.8, 4) is 10.6 Å². The van der Waals surface area contributed by atoms with Crippen LogP contribution in [0.3, 0.4) is 0 Å². The molecule has 0 radical (unpaired) electrons. The van der Waals surface area contributed by atoms with Crippen LogP contribution >= 0.6 is 23.7 Å². The highest BCUT2D eigenvalue weighted by atomic mass is 35.5. The van der Waals surface area contributed by atoms with Crippen LogP contribution in [0.1, 0.15) is 22.1 Å². The molecule has 9 heteroatoms. The number of rotatable bonds is 3. The third-order valence-electron chi connectivity index (χ3n) is 4.41. The fourth-order valence-electron chi connectivity index (χ4n) is 3.14. The van der Waals surface area contributed by atoms with E-state index in [0.717, 1.165) is 16.1 Å². The van der Waals surface area contributed by atoms with Crippen molar-refractivity contribution in [1.29, 1.82) is 0 Å². The Morgan fingerprint density at radius 3 is 3.00 bits per heavy atom. The SMILES string of the molecule is Cl.Cn1cc(-c2nc(C(=O)N3CCNCC3c3cccc(F)c3)cs2)cn1. The molecule has 1 aliphatic rings. The fourth-order valence-corrected chi connectivity index (χ4v) is 3.91. The van der Waals surface area contributed by atoms with Gasteiger partial charge in [-0.1, -0.05) is 12.1 Å². The zero-order valence-corrected chi connectivity index (χ0v) is 16.3. The Morgan fingerprint density at radius 2 is 2.26 bits per heavy atom. The van der Waals surface area contributed by atoms with Crippen molar-refractivity contribution in [2.75, 3.05) is 19.6 Å². The average Bonchev–Trinajstić information content (AvgIpc) is 3.30. The normalized spacial score (nSPS) is 16.8. The zero-order chi connectivity index (χ0) is 18.1. The summed E-state index contributed by atoms with van der Waals surface area (Å²) in [4.78, 5) is 19.3. The Hall–Kier alpha value is -2.29. The Labute approximate surface area is 166 Å². The zero-order valence-electron chi connectivity index (χ0n) is 14.6. The highest BCUT2D eigenvalue weighted by molar-refractivity contribution is 7.13. The van der Waals surface area contributed by atoms with E-state index in [2.05, 4.69) is 15.4 Å². The number of thiazole rings is 1. The van der Waals surface area contributed by atoms with Gasteiger partial charge in [0, 0.05) is 43.8 Å². The molecule has 1 fully saturated rings. The van der Waals surface area contributed by atoms with Gasteiger partial charge in [0.05, 0.1) is 12.2 Å². The highest BCUT2D eigenvalue weighted by Crippen LogP contribution is 2.27. The number of amides is 1. The van der Waals surface area contributed by atoms with E-state index in [9.17, 15) is 9.18 Å². The summed E-state index contributed by atoms with van der Waals surface area (Å²) in [5.41, 5.74) is 2.09. The molecule has 3 aromatic rings. The van der Waals surface area contributed by atoms with Gasteiger partial charge in [0.15, 0.2) is 0 Å². The van der Waals surface area contributed by atoms with Gasteiger partial charge in [-0.15, -0.1) is 23.7 Å². The Balaban J connectivity index is 0.00000210. The lowest BCUT2D eigenvalue weighted by Crippen LogP contribution is -2.48. The number of nitrogens with zero attached hydrogens (tertiary/aromatic N) is 4. The van der Waals surface area contributed by atoms with E-state index in [-0.39, 0.29) is 30.2 Å². The second-order valence-electron chi connectivity index (χ2n) is 6.21. The average molecular weight is 408 g/mol. The van der Waals surface area contributed by atoms with Crippen LogP contribution in [0.4, 0.5) is 4.39 Å². The van der Waals surface area contributed by atoms with Gasteiger partial charge in [0.2, 0.25) is 0 Å². The van der Waals surface area contributed by atoms with E-state index in [1.54, 1.807) is 27.2 Å². The molecule has 1 saturated heterocycles. The molecule has 1 aromatic carbocycles. The molecule has 3 heterocycles. The lowest BCUT2D eigenvalue weighted by molar-refractivity contribution is 0.0629. The van der Waals surface area contributed by atoms with Crippen molar-refractivity contribution in [2.24, 2.45) is 7.05 Å². The molecule has 0 aliphatic carbocycles. The molecule has 142 valence electrons. The van der Waals surface area contributed by atoms with Gasteiger partial charge >= 0.3 is 0 Å². The number of aryl methyl sites for hydroxylation is 1. The van der Waals surface area contributed by atoms with E-state index in [4.69, 9.17) is 0 Å². The molecule has 0 bridgehead atoms. The summed E-state index contributed by atoms with van der Waals surface area (Å²) in [6.07, 6.45) is 3.60. The van der Waals surface area contributed by atoms with Crippen LogP contribution in [-0.4, -0.2) is 45.2 Å². The summed E-state index contributed by atoms with van der Waals surface area (Å²) in [6.45, 7) is 1.85. The summed E-state index contributed by atoms with van der Waals surface area (Å²) in [5, 5.41) is 9.95. The topological polar surface area (TPSA) is 63.1 Å². The molecule has 4 rings (SSSR count). The van der Waals surface area contributed by atoms with E-state index >= 15 is 0 Å². The predicted molar refractivity (Wildman–Crippen MR) is 105 cm³/mol. The number of hydrogen-bond donors (Lipinski definition) is 1. The maximum absolute atomic E-state index is 13.6. The van der Waals surface area contributed by atoms with E-state index in [1.165, 1.54) is 23.5 Å². The van der Waals surface area contributed by atoms with Crippen LogP contribution < -0.4 is 5.32 Å². The van der Waals surface area contributed by atoms with Crippen LogP contribution in [0.15, 0.2) is 42.0 Å². The molecular formula is C18H19ClFN5OS. The van der Waals surface area contributed by atoms with Crippen LogP contribution in [-0.2, 0) is 7.05 Å². The van der Waals surface area contributed by atoms with Gasteiger partial charge in [-0.25, -0.2) is 9.37 Å². The van der Waals surface area contributed by atoms with E-state index in [1.807, 2.05) is 19.3 Å². The molecule has 1 atom stereocenters. The Morgan fingerprint density at radius 1 is 1.41 bits per heavy atom. The van der Waals surface area contributed by atoms with Crippen molar-refractivity contribution in [1.82, 2.24) is 25.0 Å². The lowest BCUT2D eigenvalue weighted by Gasteiger charge is -2.36. The van der Waals surface area contributed by atoms with Gasteiger partial charge in [-0.2, -0.15) is 5.10 Å². The lowest BCUT2D eigenvalue weighted by atomic mass is 10.0. The minimum absolute atomic E-state index is 0. The molecule has 2 aromatic heterocycles. The van der Waals surface area contributed by atoms with Crippen LogP contribution in [0.2, 0.25) is 0 Å². The van der Waals surface area contributed by atoms with Gasteiger partial charge in [0.25, 0.3) is 5.91 Å². The number of aromatic nitrogens is 3. The third-order valence-corrected chi connectivity index (χ3v) is 5.30. The molecule has 1 aliphatic heterocycles. The molecule has 1 amide bonds. The second-order valence-corrected chi connectivity index (χ2v) is 7.07. The number of benzene rings is 1. The fraction of sp³-hybridized carbons (Fsp3) is 0.278. The number of halogens is 2. The molecule has 27 heavy (non-hydrogen) atoms. The van der Waals surface area contributed by atoms with Crippen LogP contribution in [0.25, 0.3) is 10.6 Å². The van der Waals surface area contributed by atoms with Crippen LogP contribution in [0.5, 0.6) is 0 Å². The van der Waals surface area contributed by atoms with Crippen molar-refractivity contribution in [2.45, 2.75) is 6.04 Å². The first-order valence-corrected chi connectivity index (χ1v) is 9.21. The summed E-state index contributed by atoms with van der Waals surface area (Å²) < 4.78 is 15.3. The van der Waals surface area contributed by atoms with Gasteiger partial charge in [-0.05, 0) is 17.7 Å².